The second-order valence-corrected chi connectivity index (χ2v) is 12.5. The number of phenols is 1. The van der Waals surface area contributed by atoms with Crippen LogP contribution in [-0.4, -0.2) is 35.2 Å². The molecule has 2 aromatic heterocycles. The number of aryl methyl sites for hydroxylation is 2. The van der Waals surface area contributed by atoms with E-state index in [1.54, 1.807) is 36.4 Å². The van der Waals surface area contributed by atoms with Crippen molar-refractivity contribution >= 4 is 44.5 Å². The Morgan fingerprint density at radius 2 is 1.73 bits per heavy atom. The van der Waals surface area contributed by atoms with Gasteiger partial charge in [0.25, 0.3) is 0 Å². The van der Waals surface area contributed by atoms with Gasteiger partial charge in [-0.2, -0.15) is 0 Å². The molecule has 9 heteroatoms. The van der Waals surface area contributed by atoms with E-state index in [4.69, 9.17) is 23.6 Å². The Kier molecular flexibility index (Phi) is 9.58. The fourth-order valence-corrected chi connectivity index (χ4v) is 6.15. The highest BCUT2D eigenvalue weighted by atomic mass is 32.1. The average Bonchev–Trinajstić information content (AvgIpc) is 3.64. The quantitative estimate of drug-likeness (QED) is 0.0784. The van der Waals surface area contributed by atoms with E-state index in [1.807, 2.05) is 39.8 Å². The van der Waals surface area contributed by atoms with E-state index in [0.717, 1.165) is 53.9 Å². The molecule has 8 nitrogen and oxygen atoms in total. The molecule has 0 aliphatic heterocycles. The first kappa shape index (κ1) is 31.8. The Morgan fingerprint density at radius 1 is 1.00 bits per heavy atom. The summed E-state index contributed by atoms with van der Waals surface area (Å²) in [6.45, 7) is 12.0. The molecule has 2 heterocycles. The number of furan rings is 1. The maximum absolute atomic E-state index is 13.2. The SMILES string of the molecule is C=CC(=O)OCCCCCCOc1ccc(C(=O)OC(C)(C)c2ccc(O)c3sc(-c4cc5c(C)cc(C)cc5o4)nc23)cc1. The van der Waals surface area contributed by atoms with Gasteiger partial charge in [-0.25, -0.2) is 14.6 Å². The van der Waals surface area contributed by atoms with Crippen molar-refractivity contribution in [1.82, 2.24) is 4.98 Å². The Morgan fingerprint density at radius 3 is 2.47 bits per heavy atom. The highest BCUT2D eigenvalue weighted by Crippen LogP contribution is 2.42. The number of phenolic OH excluding ortho intramolecular Hbond substituents is 1. The van der Waals surface area contributed by atoms with Gasteiger partial charge in [0.1, 0.15) is 22.7 Å². The highest BCUT2D eigenvalue weighted by molar-refractivity contribution is 7.22. The van der Waals surface area contributed by atoms with Crippen LogP contribution in [0.1, 0.15) is 66.6 Å². The molecule has 0 spiro atoms. The molecule has 0 unspecified atom stereocenters. The van der Waals surface area contributed by atoms with E-state index >= 15 is 0 Å². The topological polar surface area (TPSA) is 108 Å². The summed E-state index contributed by atoms with van der Waals surface area (Å²) in [6, 6.07) is 16.3. The molecule has 0 fully saturated rings. The van der Waals surface area contributed by atoms with E-state index in [9.17, 15) is 14.7 Å². The van der Waals surface area contributed by atoms with Gasteiger partial charge in [-0.15, -0.1) is 11.3 Å². The summed E-state index contributed by atoms with van der Waals surface area (Å²) >= 11 is 1.33. The zero-order valence-electron chi connectivity index (χ0n) is 26.0. The molecule has 0 radical (unpaired) electrons. The van der Waals surface area contributed by atoms with Gasteiger partial charge in [0.15, 0.2) is 10.8 Å². The van der Waals surface area contributed by atoms with Gasteiger partial charge in [-0.1, -0.05) is 12.6 Å². The van der Waals surface area contributed by atoms with Crippen molar-refractivity contribution in [2.75, 3.05) is 13.2 Å². The molecule has 5 aromatic rings. The third-order valence-corrected chi connectivity index (χ3v) is 8.62. The van der Waals surface area contributed by atoms with Crippen molar-refractivity contribution in [3.63, 3.8) is 0 Å². The molecule has 0 saturated carbocycles. The van der Waals surface area contributed by atoms with Gasteiger partial charge >= 0.3 is 11.9 Å². The third kappa shape index (κ3) is 7.37. The van der Waals surface area contributed by atoms with E-state index < -0.39 is 17.5 Å². The number of ether oxygens (including phenoxy) is 3. The minimum Gasteiger partial charge on any atom is -0.506 e. The number of aromatic hydroxyl groups is 1. The number of fused-ring (bicyclic) bond motifs is 2. The number of hydrogen-bond donors (Lipinski definition) is 1. The molecular weight excluding hydrogens is 590 g/mol. The second-order valence-electron chi connectivity index (χ2n) is 11.5. The molecule has 0 aliphatic rings. The number of rotatable bonds is 13. The summed E-state index contributed by atoms with van der Waals surface area (Å²) in [5.74, 6) is 0.506. The number of esters is 2. The van der Waals surface area contributed by atoms with E-state index in [0.29, 0.717) is 51.1 Å². The number of unbranched alkanes of at least 4 members (excludes halogenated alkanes) is 3. The number of carbonyl (C=O) groups excluding carboxylic acids is 2. The predicted molar refractivity (Wildman–Crippen MR) is 176 cm³/mol. The van der Waals surface area contributed by atoms with E-state index in [-0.39, 0.29) is 5.75 Å². The lowest BCUT2D eigenvalue weighted by molar-refractivity contribution is -0.137. The van der Waals surface area contributed by atoms with Crippen molar-refractivity contribution in [2.24, 2.45) is 0 Å². The predicted octanol–water partition coefficient (Wildman–Crippen LogP) is 8.79. The van der Waals surface area contributed by atoms with Crippen LogP contribution in [0.4, 0.5) is 0 Å². The summed E-state index contributed by atoms with van der Waals surface area (Å²) in [5, 5.41) is 12.3. The van der Waals surface area contributed by atoms with Gasteiger partial charge in [-0.05, 0) is 113 Å². The number of carbonyl (C=O) groups is 2. The van der Waals surface area contributed by atoms with Crippen LogP contribution in [0.3, 0.4) is 0 Å². The smallest absolute Gasteiger partial charge is 0.338 e. The van der Waals surface area contributed by atoms with Gasteiger partial charge < -0.3 is 23.7 Å². The first-order chi connectivity index (χ1) is 21.6. The minimum absolute atomic E-state index is 0.104. The highest BCUT2D eigenvalue weighted by Gasteiger charge is 2.31. The van der Waals surface area contributed by atoms with Crippen LogP contribution in [-0.2, 0) is 19.9 Å². The molecule has 0 saturated heterocycles. The summed E-state index contributed by atoms with van der Waals surface area (Å²) in [7, 11) is 0. The Balaban J connectivity index is 1.22. The number of nitrogens with zero attached hydrogens (tertiary/aromatic N) is 1. The normalized spacial score (nSPS) is 11.6. The maximum Gasteiger partial charge on any atom is 0.338 e. The van der Waals surface area contributed by atoms with Crippen molar-refractivity contribution < 1.29 is 33.3 Å². The molecule has 1 N–H and O–H groups in total. The standard InChI is InChI=1S/C36H37NO7S/c1-6-31(39)42-18-10-8-7-9-17-41-25-13-11-24(12-14-25)35(40)44-36(4,5)27-15-16-28(38)33-32(27)37-34(45-33)30-21-26-23(3)19-22(2)20-29(26)43-30/h6,11-16,19-21,38H,1,7-10,17-18H2,2-5H3. The number of thiazole rings is 1. The fraction of sp³-hybridized carbons (Fsp3) is 0.306. The molecule has 0 amide bonds. The monoisotopic (exact) mass is 627 g/mol. The average molecular weight is 628 g/mol. The Bertz CT molecular complexity index is 1850. The van der Waals surface area contributed by atoms with Gasteiger partial charge in [0.2, 0.25) is 0 Å². The summed E-state index contributed by atoms with van der Waals surface area (Å²) < 4.78 is 23.5. The summed E-state index contributed by atoms with van der Waals surface area (Å²) in [5.41, 5.74) is 3.61. The maximum atomic E-state index is 13.2. The van der Waals surface area contributed by atoms with Crippen molar-refractivity contribution in [3.05, 3.63) is 89.5 Å². The molecule has 45 heavy (non-hydrogen) atoms. The molecule has 0 aliphatic carbocycles. The van der Waals surface area contributed by atoms with Crippen LogP contribution >= 0.6 is 11.3 Å². The fourth-order valence-electron chi connectivity index (χ4n) is 5.19. The lowest BCUT2D eigenvalue weighted by Crippen LogP contribution is -2.26. The number of benzene rings is 3. The molecule has 0 atom stereocenters. The summed E-state index contributed by atoms with van der Waals surface area (Å²) in [6.07, 6.45) is 4.71. The molecule has 3 aromatic carbocycles. The van der Waals surface area contributed by atoms with Gasteiger partial charge in [-0.3, -0.25) is 0 Å². The lowest BCUT2D eigenvalue weighted by Gasteiger charge is -2.26. The van der Waals surface area contributed by atoms with Gasteiger partial charge in [0.05, 0.1) is 29.0 Å². The van der Waals surface area contributed by atoms with E-state index in [2.05, 4.69) is 12.6 Å². The first-order valence-corrected chi connectivity index (χ1v) is 15.8. The van der Waals surface area contributed by atoms with Crippen molar-refractivity contribution in [2.45, 2.75) is 59.0 Å². The van der Waals surface area contributed by atoms with Crippen LogP contribution in [0.15, 0.2) is 71.7 Å². The van der Waals surface area contributed by atoms with Crippen molar-refractivity contribution in [1.29, 1.82) is 0 Å². The Labute approximate surface area is 266 Å². The minimum atomic E-state index is -1.05. The van der Waals surface area contributed by atoms with E-state index in [1.165, 1.54) is 11.3 Å². The van der Waals surface area contributed by atoms with Crippen LogP contribution in [0.2, 0.25) is 0 Å². The Hall–Kier alpha value is -4.63. The zero-order valence-corrected chi connectivity index (χ0v) is 26.8. The number of hydrogen-bond acceptors (Lipinski definition) is 9. The third-order valence-electron chi connectivity index (χ3n) is 7.53. The largest absolute Gasteiger partial charge is 0.506 e. The van der Waals surface area contributed by atoms with Crippen LogP contribution in [0.5, 0.6) is 11.5 Å². The molecule has 0 bridgehead atoms. The van der Waals surface area contributed by atoms with Gasteiger partial charge in [0, 0.05) is 17.0 Å². The zero-order chi connectivity index (χ0) is 32.1. The van der Waals surface area contributed by atoms with Crippen LogP contribution < -0.4 is 4.74 Å². The van der Waals surface area contributed by atoms with Crippen LogP contribution in [0.25, 0.3) is 32.0 Å². The molecular formula is C36H37NO7S. The molecule has 5 rings (SSSR count). The summed E-state index contributed by atoms with van der Waals surface area (Å²) in [4.78, 5) is 29.1. The van der Waals surface area contributed by atoms with Crippen molar-refractivity contribution in [3.8, 4) is 22.3 Å². The second kappa shape index (κ2) is 13.6. The van der Waals surface area contributed by atoms with Crippen LogP contribution in [0, 0.1) is 13.8 Å². The molecule has 234 valence electrons. The first-order valence-electron chi connectivity index (χ1n) is 15.0. The number of aromatic nitrogens is 1. The lowest BCUT2D eigenvalue weighted by atomic mass is 9.96.